The number of benzene rings is 2. The quantitative estimate of drug-likeness (QED) is 0.394. The van der Waals surface area contributed by atoms with Crippen LogP contribution in [-0.4, -0.2) is 48.9 Å². The molecule has 1 heterocycles. The van der Waals surface area contributed by atoms with E-state index < -0.39 is 0 Å². The number of amides is 2. The van der Waals surface area contributed by atoms with Gasteiger partial charge < -0.3 is 23.7 Å². The van der Waals surface area contributed by atoms with Gasteiger partial charge in [0, 0.05) is 24.7 Å². The Hall–Kier alpha value is -4.00. The van der Waals surface area contributed by atoms with Crippen LogP contribution in [0.25, 0.3) is 0 Å². The molecule has 0 aliphatic carbocycles. The van der Waals surface area contributed by atoms with Gasteiger partial charge in [0.25, 0.3) is 5.91 Å². The van der Waals surface area contributed by atoms with Crippen LogP contribution in [0.5, 0.6) is 11.5 Å². The summed E-state index contributed by atoms with van der Waals surface area (Å²) in [6.45, 7) is 6.40. The third-order valence-corrected chi connectivity index (χ3v) is 5.27. The van der Waals surface area contributed by atoms with E-state index in [2.05, 4.69) is 6.58 Å². The molecule has 34 heavy (non-hydrogen) atoms. The van der Waals surface area contributed by atoms with Gasteiger partial charge in [-0.1, -0.05) is 36.4 Å². The molecule has 0 aliphatic rings. The molecular weight excluding hydrogens is 432 g/mol. The molecular formula is C27H30N2O5. The number of carbonyl (C=O) groups excluding carboxylic acids is 2. The Morgan fingerprint density at radius 3 is 2.18 bits per heavy atom. The Balaban J connectivity index is 1.83. The lowest BCUT2D eigenvalue weighted by atomic mass is 10.1. The highest BCUT2D eigenvalue weighted by atomic mass is 16.5. The average Bonchev–Trinajstić information content (AvgIpc) is 3.27. The van der Waals surface area contributed by atoms with Crippen LogP contribution in [0, 0.1) is 6.92 Å². The fourth-order valence-corrected chi connectivity index (χ4v) is 3.55. The lowest BCUT2D eigenvalue weighted by Gasteiger charge is -2.27. The monoisotopic (exact) mass is 462 g/mol. The van der Waals surface area contributed by atoms with E-state index in [0.717, 1.165) is 11.3 Å². The predicted molar refractivity (Wildman–Crippen MR) is 130 cm³/mol. The summed E-state index contributed by atoms with van der Waals surface area (Å²) >= 11 is 0. The highest BCUT2D eigenvalue weighted by molar-refractivity contribution is 5.97. The predicted octanol–water partition coefficient (Wildman–Crippen LogP) is 4.46. The summed E-state index contributed by atoms with van der Waals surface area (Å²) in [4.78, 5) is 29.9. The van der Waals surface area contributed by atoms with Crippen LogP contribution in [0.2, 0.25) is 0 Å². The third kappa shape index (κ3) is 6.51. The van der Waals surface area contributed by atoms with Crippen molar-refractivity contribution >= 4 is 11.8 Å². The molecule has 2 aromatic carbocycles. The number of nitrogens with zero attached hydrogens (tertiary/aromatic N) is 2. The van der Waals surface area contributed by atoms with Crippen LogP contribution in [0.3, 0.4) is 0 Å². The van der Waals surface area contributed by atoms with E-state index >= 15 is 0 Å². The second-order valence-corrected chi connectivity index (χ2v) is 7.82. The molecule has 3 rings (SSSR count). The largest absolute Gasteiger partial charge is 0.497 e. The van der Waals surface area contributed by atoms with Gasteiger partial charge in [-0.15, -0.1) is 6.58 Å². The molecule has 0 N–H and O–H groups in total. The van der Waals surface area contributed by atoms with E-state index in [9.17, 15) is 9.59 Å². The summed E-state index contributed by atoms with van der Waals surface area (Å²) in [6, 6.07) is 18.4. The molecule has 178 valence electrons. The second-order valence-electron chi connectivity index (χ2n) is 7.82. The highest BCUT2D eigenvalue weighted by Gasteiger charge is 2.23. The van der Waals surface area contributed by atoms with Crippen LogP contribution in [0.1, 0.15) is 27.4 Å². The molecule has 7 nitrogen and oxygen atoms in total. The van der Waals surface area contributed by atoms with Gasteiger partial charge in [0.1, 0.15) is 29.6 Å². The Kier molecular flexibility index (Phi) is 8.51. The van der Waals surface area contributed by atoms with Crippen molar-refractivity contribution in [2.75, 3.05) is 27.3 Å². The zero-order valence-corrected chi connectivity index (χ0v) is 19.8. The fraction of sp³-hybridized carbons (Fsp3) is 0.259. The first-order chi connectivity index (χ1) is 16.4. The fourth-order valence-electron chi connectivity index (χ4n) is 3.55. The van der Waals surface area contributed by atoms with Gasteiger partial charge in [0.15, 0.2) is 0 Å². The van der Waals surface area contributed by atoms with Gasteiger partial charge in [-0.2, -0.15) is 0 Å². The maximum Gasteiger partial charge on any atom is 0.254 e. The topological polar surface area (TPSA) is 72.2 Å². The second kappa shape index (κ2) is 11.7. The summed E-state index contributed by atoms with van der Waals surface area (Å²) in [6.07, 6.45) is 1.60. The Bertz CT molecular complexity index is 1100. The van der Waals surface area contributed by atoms with Crippen molar-refractivity contribution in [2.45, 2.75) is 20.0 Å². The number of rotatable bonds is 11. The Labute approximate surface area is 200 Å². The maximum absolute atomic E-state index is 13.4. The lowest BCUT2D eigenvalue weighted by molar-refractivity contribution is -0.133. The minimum absolute atomic E-state index is 0.114. The number of methoxy groups -OCH3 is 2. The number of aryl methyl sites for hydroxylation is 1. The molecule has 0 unspecified atom stereocenters. The van der Waals surface area contributed by atoms with Crippen LogP contribution in [0.4, 0.5) is 0 Å². The van der Waals surface area contributed by atoms with E-state index in [1.165, 1.54) is 19.1 Å². The SMILES string of the molecule is C=CCN(CC(=O)N(Cc1ccccc1)Cc1ccc(C)o1)C(=O)c1cc(OC)cc(OC)c1. The van der Waals surface area contributed by atoms with Crippen LogP contribution >= 0.6 is 0 Å². The van der Waals surface area contributed by atoms with Crippen LogP contribution in [-0.2, 0) is 17.9 Å². The molecule has 2 amide bonds. The number of hydrogen-bond donors (Lipinski definition) is 0. The standard InChI is InChI=1S/C27H30N2O5/c1-5-13-28(27(31)22-14-24(32-3)16-25(15-22)33-4)19-26(30)29(17-21-9-7-6-8-10-21)18-23-12-11-20(2)34-23/h5-12,14-16H,1,13,17-19H2,2-4H3. The first-order valence-corrected chi connectivity index (χ1v) is 10.9. The van der Waals surface area contributed by atoms with Crippen molar-refractivity contribution in [1.82, 2.24) is 9.80 Å². The van der Waals surface area contributed by atoms with Crippen LogP contribution in [0.15, 0.2) is 77.7 Å². The van der Waals surface area contributed by atoms with Gasteiger partial charge in [-0.3, -0.25) is 9.59 Å². The van der Waals surface area contributed by atoms with Crippen molar-refractivity contribution < 1.29 is 23.5 Å². The molecule has 0 atom stereocenters. The van der Waals surface area contributed by atoms with E-state index in [0.29, 0.717) is 35.9 Å². The Morgan fingerprint density at radius 1 is 0.941 bits per heavy atom. The highest BCUT2D eigenvalue weighted by Crippen LogP contribution is 2.24. The average molecular weight is 463 g/mol. The number of hydrogen-bond acceptors (Lipinski definition) is 5. The summed E-state index contributed by atoms with van der Waals surface area (Å²) in [5.74, 6) is 1.92. The van der Waals surface area contributed by atoms with Crippen molar-refractivity contribution in [1.29, 1.82) is 0 Å². The molecule has 0 aliphatic heterocycles. The van der Waals surface area contributed by atoms with Gasteiger partial charge >= 0.3 is 0 Å². The van der Waals surface area contributed by atoms with E-state index in [4.69, 9.17) is 13.9 Å². The number of carbonyl (C=O) groups is 2. The number of furan rings is 1. The summed E-state index contributed by atoms with van der Waals surface area (Å²) in [5.41, 5.74) is 1.35. The van der Waals surface area contributed by atoms with Gasteiger partial charge in [0.05, 0.1) is 20.8 Å². The van der Waals surface area contributed by atoms with Gasteiger partial charge in [-0.25, -0.2) is 0 Å². The first kappa shape index (κ1) is 24.6. The van der Waals surface area contributed by atoms with E-state index in [1.54, 1.807) is 29.2 Å². The van der Waals surface area contributed by atoms with Crippen molar-refractivity contribution in [3.8, 4) is 11.5 Å². The van der Waals surface area contributed by atoms with E-state index in [-0.39, 0.29) is 24.9 Å². The zero-order chi connectivity index (χ0) is 24.5. The zero-order valence-electron chi connectivity index (χ0n) is 19.8. The third-order valence-electron chi connectivity index (χ3n) is 5.27. The molecule has 0 fully saturated rings. The first-order valence-electron chi connectivity index (χ1n) is 10.9. The van der Waals surface area contributed by atoms with Gasteiger partial charge in [-0.05, 0) is 36.8 Å². The smallest absolute Gasteiger partial charge is 0.254 e. The summed E-state index contributed by atoms with van der Waals surface area (Å²) in [5, 5.41) is 0. The minimum Gasteiger partial charge on any atom is -0.497 e. The van der Waals surface area contributed by atoms with Crippen molar-refractivity contribution in [3.63, 3.8) is 0 Å². The minimum atomic E-state index is -0.320. The summed E-state index contributed by atoms with van der Waals surface area (Å²) in [7, 11) is 3.04. The van der Waals surface area contributed by atoms with Crippen molar-refractivity contribution in [2.24, 2.45) is 0 Å². The molecule has 0 spiro atoms. The molecule has 0 bridgehead atoms. The van der Waals surface area contributed by atoms with Crippen LogP contribution < -0.4 is 9.47 Å². The molecule has 7 heteroatoms. The summed E-state index contributed by atoms with van der Waals surface area (Å²) < 4.78 is 16.3. The normalized spacial score (nSPS) is 10.4. The molecule has 0 radical (unpaired) electrons. The Morgan fingerprint density at radius 2 is 1.62 bits per heavy atom. The lowest BCUT2D eigenvalue weighted by Crippen LogP contribution is -2.42. The molecule has 1 aromatic heterocycles. The molecule has 0 saturated carbocycles. The number of ether oxygens (including phenoxy) is 2. The van der Waals surface area contributed by atoms with Crippen molar-refractivity contribution in [3.05, 3.63) is 96.0 Å². The molecule has 0 saturated heterocycles. The van der Waals surface area contributed by atoms with E-state index in [1.807, 2.05) is 49.4 Å². The van der Waals surface area contributed by atoms with Gasteiger partial charge in [0.2, 0.25) is 5.91 Å². The maximum atomic E-state index is 13.4. The molecule has 3 aromatic rings.